The van der Waals surface area contributed by atoms with Gasteiger partial charge >= 0.3 is 0 Å². The highest BCUT2D eigenvalue weighted by molar-refractivity contribution is 7.15. The zero-order chi connectivity index (χ0) is 18.5. The van der Waals surface area contributed by atoms with E-state index >= 15 is 0 Å². The molecule has 1 aromatic carbocycles. The third kappa shape index (κ3) is 4.83. The number of carbonyl (C=O) groups is 1. The Morgan fingerprint density at radius 2 is 2.15 bits per heavy atom. The van der Waals surface area contributed by atoms with E-state index in [9.17, 15) is 4.79 Å². The Bertz CT molecular complexity index is 712. The molecule has 0 bridgehead atoms. The van der Waals surface area contributed by atoms with Gasteiger partial charge in [0.1, 0.15) is 5.75 Å². The van der Waals surface area contributed by atoms with Gasteiger partial charge in [0.25, 0.3) is 0 Å². The Hall–Kier alpha value is -1.92. The third-order valence-electron chi connectivity index (χ3n) is 4.97. The van der Waals surface area contributed by atoms with Crippen molar-refractivity contribution >= 4 is 22.4 Å². The number of piperidine rings is 1. The van der Waals surface area contributed by atoms with Crippen LogP contribution in [0.5, 0.6) is 5.75 Å². The van der Waals surface area contributed by atoms with E-state index in [2.05, 4.69) is 15.2 Å². The molecular weight excluding hydrogens is 346 g/mol. The Morgan fingerprint density at radius 1 is 1.38 bits per heavy atom. The fourth-order valence-corrected chi connectivity index (χ4v) is 4.04. The van der Waals surface area contributed by atoms with Crippen molar-refractivity contribution in [3.05, 3.63) is 40.9 Å². The van der Waals surface area contributed by atoms with E-state index in [1.54, 1.807) is 0 Å². The number of aryl methyl sites for hydroxylation is 2. The summed E-state index contributed by atoms with van der Waals surface area (Å²) in [7, 11) is 0. The first-order valence-electron chi connectivity index (χ1n) is 9.19. The molecule has 0 aliphatic carbocycles. The Labute approximate surface area is 159 Å². The van der Waals surface area contributed by atoms with E-state index in [0.717, 1.165) is 42.3 Å². The molecule has 140 valence electrons. The van der Waals surface area contributed by atoms with Crippen molar-refractivity contribution in [3.8, 4) is 5.75 Å². The second-order valence-electron chi connectivity index (χ2n) is 6.95. The van der Waals surface area contributed by atoms with Gasteiger partial charge in [-0.1, -0.05) is 18.2 Å². The molecule has 2 heterocycles. The van der Waals surface area contributed by atoms with E-state index in [1.807, 2.05) is 51.1 Å². The van der Waals surface area contributed by atoms with Gasteiger partial charge in [-0.3, -0.25) is 9.69 Å². The van der Waals surface area contributed by atoms with Crippen LogP contribution in [0.25, 0.3) is 0 Å². The van der Waals surface area contributed by atoms with Gasteiger partial charge in [-0.25, -0.2) is 4.98 Å². The molecule has 26 heavy (non-hydrogen) atoms. The minimum Gasteiger partial charge on any atom is -0.493 e. The number of rotatable bonds is 6. The minimum atomic E-state index is -0.168. The summed E-state index contributed by atoms with van der Waals surface area (Å²) in [6, 6.07) is 9.75. The predicted molar refractivity (Wildman–Crippen MR) is 106 cm³/mol. The lowest BCUT2D eigenvalue weighted by molar-refractivity contribution is -0.121. The van der Waals surface area contributed by atoms with Crippen LogP contribution in [0.3, 0.4) is 0 Å². The number of hydrogen-bond donors (Lipinski definition) is 1. The number of nitrogens with zero attached hydrogens (tertiary/aromatic N) is 2. The Kier molecular flexibility index (Phi) is 6.27. The number of nitrogens with one attached hydrogen (secondary N) is 1. The van der Waals surface area contributed by atoms with Crippen LogP contribution in [-0.2, 0) is 4.79 Å². The van der Waals surface area contributed by atoms with Crippen LogP contribution in [0.4, 0.5) is 5.13 Å². The SMILES string of the molecule is Cc1nc(NC(=O)C(C)N2CCCC(COc3ccccc3)C2)sc1C. The second kappa shape index (κ2) is 8.64. The van der Waals surface area contributed by atoms with E-state index < -0.39 is 0 Å². The molecule has 2 aromatic rings. The number of benzene rings is 1. The van der Waals surface area contributed by atoms with Gasteiger partial charge in [0.05, 0.1) is 18.3 Å². The summed E-state index contributed by atoms with van der Waals surface area (Å²) in [5, 5.41) is 3.66. The fraction of sp³-hybridized carbons (Fsp3) is 0.500. The first-order valence-corrected chi connectivity index (χ1v) is 10.0. The van der Waals surface area contributed by atoms with E-state index in [4.69, 9.17) is 4.74 Å². The van der Waals surface area contributed by atoms with Crippen LogP contribution in [0.1, 0.15) is 30.3 Å². The molecule has 1 amide bonds. The first-order chi connectivity index (χ1) is 12.5. The molecule has 1 saturated heterocycles. The van der Waals surface area contributed by atoms with Crippen molar-refractivity contribution in [2.45, 2.75) is 39.7 Å². The minimum absolute atomic E-state index is 0.0170. The number of carbonyl (C=O) groups excluding carboxylic acids is 1. The zero-order valence-electron chi connectivity index (χ0n) is 15.7. The molecular formula is C20H27N3O2S. The van der Waals surface area contributed by atoms with Gasteiger partial charge in [0, 0.05) is 17.3 Å². The fourth-order valence-electron chi connectivity index (χ4n) is 3.22. The maximum atomic E-state index is 12.6. The van der Waals surface area contributed by atoms with Gasteiger partial charge in [-0.2, -0.15) is 0 Å². The summed E-state index contributed by atoms with van der Waals surface area (Å²) < 4.78 is 5.91. The Balaban J connectivity index is 1.51. The molecule has 3 rings (SSSR count). The summed E-state index contributed by atoms with van der Waals surface area (Å²) >= 11 is 1.53. The molecule has 0 spiro atoms. The van der Waals surface area contributed by atoms with Crippen molar-refractivity contribution in [3.63, 3.8) is 0 Å². The predicted octanol–water partition coefficient (Wildman–Crippen LogP) is 3.88. The average molecular weight is 374 g/mol. The number of ether oxygens (including phenoxy) is 1. The summed E-state index contributed by atoms with van der Waals surface area (Å²) in [5.74, 6) is 1.37. The molecule has 0 saturated carbocycles. The standard InChI is InChI=1S/C20H27N3O2S/c1-14-16(3)26-20(21-14)22-19(24)15(2)23-11-7-8-17(12-23)13-25-18-9-5-4-6-10-18/h4-6,9-10,15,17H,7-8,11-13H2,1-3H3,(H,21,22,24). The maximum absolute atomic E-state index is 12.6. The van der Waals surface area contributed by atoms with Crippen LogP contribution in [0, 0.1) is 19.8 Å². The zero-order valence-corrected chi connectivity index (χ0v) is 16.5. The van der Waals surface area contributed by atoms with Crippen LogP contribution in [-0.4, -0.2) is 41.5 Å². The Morgan fingerprint density at radius 3 is 2.85 bits per heavy atom. The van der Waals surface area contributed by atoms with Gasteiger partial charge in [0.15, 0.2) is 5.13 Å². The number of likely N-dealkylation sites (tertiary alicyclic amines) is 1. The summed E-state index contributed by atoms with van der Waals surface area (Å²) in [6.07, 6.45) is 2.23. The second-order valence-corrected chi connectivity index (χ2v) is 8.16. The highest BCUT2D eigenvalue weighted by Gasteiger charge is 2.28. The number of thiazole rings is 1. The molecule has 1 fully saturated rings. The smallest absolute Gasteiger partial charge is 0.243 e. The van der Waals surface area contributed by atoms with Crippen molar-refractivity contribution in [1.29, 1.82) is 0 Å². The van der Waals surface area contributed by atoms with Gasteiger partial charge in [-0.05, 0) is 52.3 Å². The molecule has 5 nitrogen and oxygen atoms in total. The van der Waals surface area contributed by atoms with E-state index in [0.29, 0.717) is 17.7 Å². The number of hydrogen-bond acceptors (Lipinski definition) is 5. The van der Waals surface area contributed by atoms with E-state index in [-0.39, 0.29) is 11.9 Å². The summed E-state index contributed by atoms with van der Waals surface area (Å²) in [5.41, 5.74) is 0.981. The number of para-hydroxylation sites is 1. The molecule has 6 heteroatoms. The van der Waals surface area contributed by atoms with Crippen LogP contribution < -0.4 is 10.1 Å². The van der Waals surface area contributed by atoms with Crippen molar-refractivity contribution in [1.82, 2.24) is 9.88 Å². The molecule has 1 N–H and O–H groups in total. The quantitative estimate of drug-likeness (QED) is 0.835. The topological polar surface area (TPSA) is 54.5 Å². The lowest BCUT2D eigenvalue weighted by Gasteiger charge is -2.35. The lowest BCUT2D eigenvalue weighted by Crippen LogP contribution is -2.48. The van der Waals surface area contributed by atoms with E-state index in [1.165, 1.54) is 11.3 Å². The van der Waals surface area contributed by atoms with Crippen LogP contribution in [0.2, 0.25) is 0 Å². The molecule has 0 radical (unpaired) electrons. The number of amides is 1. The lowest BCUT2D eigenvalue weighted by atomic mass is 9.97. The van der Waals surface area contributed by atoms with Crippen molar-refractivity contribution in [2.75, 3.05) is 25.0 Å². The largest absolute Gasteiger partial charge is 0.493 e. The molecule has 1 aromatic heterocycles. The normalized spacial score (nSPS) is 19.1. The summed E-state index contributed by atoms with van der Waals surface area (Å²) in [6.45, 7) is 8.49. The van der Waals surface area contributed by atoms with Crippen molar-refractivity contribution in [2.24, 2.45) is 5.92 Å². The number of aromatic nitrogens is 1. The molecule has 2 unspecified atom stereocenters. The van der Waals surface area contributed by atoms with Gasteiger partial charge in [0.2, 0.25) is 5.91 Å². The first kappa shape index (κ1) is 18.9. The average Bonchev–Trinajstić information content (AvgIpc) is 2.97. The molecule has 2 atom stereocenters. The van der Waals surface area contributed by atoms with Gasteiger partial charge in [-0.15, -0.1) is 11.3 Å². The van der Waals surface area contributed by atoms with Crippen molar-refractivity contribution < 1.29 is 9.53 Å². The maximum Gasteiger partial charge on any atom is 0.243 e. The monoisotopic (exact) mass is 373 g/mol. The highest BCUT2D eigenvalue weighted by Crippen LogP contribution is 2.23. The third-order valence-corrected chi connectivity index (χ3v) is 5.95. The molecule has 1 aliphatic rings. The van der Waals surface area contributed by atoms with Crippen LogP contribution in [0.15, 0.2) is 30.3 Å². The highest BCUT2D eigenvalue weighted by atomic mass is 32.1. The summed E-state index contributed by atoms with van der Waals surface area (Å²) in [4.78, 5) is 20.4. The number of anilines is 1. The van der Waals surface area contributed by atoms with Crippen LogP contribution >= 0.6 is 11.3 Å². The molecule has 1 aliphatic heterocycles. The van der Waals surface area contributed by atoms with Gasteiger partial charge < -0.3 is 10.1 Å².